The van der Waals surface area contributed by atoms with Crippen molar-refractivity contribution in [1.29, 1.82) is 0 Å². The summed E-state index contributed by atoms with van der Waals surface area (Å²) < 4.78 is 0. The third-order valence-electron chi connectivity index (χ3n) is 2.29. The Morgan fingerprint density at radius 2 is 2.15 bits per heavy atom. The van der Waals surface area contributed by atoms with E-state index in [4.69, 9.17) is 0 Å². The summed E-state index contributed by atoms with van der Waals surface area (Å²) >= 11 is 0. The molecule has 0 bridgehead atoms. The van der Waals surface area contributed by atoms with Gasteiger partial charge in [-0.15, -0.1) is 0 Å². The minimum absolute atomic E-state index is 0.185. The van der Waals surface area contributed by atoms with E-state index in [2.05, 4.69) is 23.8 Å². The monoisotopic (exact) mass is 176 g/mol. The minimum atomic E-state index is 0.185. The zero-order valence-corrected chi connectivity index (χ0v) is 7.87. The topological polar surface area (TPSA) is 42.9 Å². The number of ketones is 1. The Morgan fingerprint density at radius 3 is 2.85 bits per heavy atom. The normalized spacial score (nSPS) is 15.2. The number of aryl methyl sites for hydroxylation is 1. The van der Waals surface area contributed by atoms with Gasteiger partial charge >= 0.3 is 0 Å². The van der Waals surface area contributed by atoms with Crippen LogP contribution in [0.1, 0.15) is 48.1 Å². The van der Waals surface area contributed by atoms with E-state index in [1.807, 2.05) is 0 Å². The van der Waals surface area contributed by atoms with E-state index in [1.54, 1.807) is 6.20 Å². The Hall–Kier alpha value is -1.25. The summed E-state index contributed by atoms with van der Waals surface area (Å²) in [4.78, 5) is 19.8. The van der Waals surface area contributed by atoms with Gasteiger partial charge in [-0.3, -0.25) is 4.79 Å². The zero-order chi connectivity index (χ0) is 9.42. The van der Waals surface area contributed by atoms with Crippen LogP contribution in [0.2, 0.25) is 0 Å². The Morgan fingerprint density at radius 1 is 1.38 bits per heavy atom. The summed E-state index contributed by atoms with van der Waals surface area (Å²) in [6, 6.07) is 0. The van der Waals surface area contributed by atoms with Gasteiger partial charge in [-0.25, -0.2) is 9.97 Å². The number of nitrogens with zero attached hydrogens (tertiary/aromatic N) is 2. The van der Waals surface area contributed by atoms with Crippen molar-refractivity contribution in [3.05, 3.63) is 23.3 Å². The number of carbonyl (C=O) groups is 1. The molecule has 1 aliphatic carbocycles. The van der Waals surface area contributed by atoms with Crippen LogP contribution in [0.3, 0.4) is 0 Å². The van der Waals surface area contributed by atoms with Crippen molar-refractivity contribution in [2.24, 2.45) is 0 Å². The molecular formula is C10H12N2O. The van der Waals surface area contributed by atoms with Gasteiger partial charge in [0.2, 0.25) is 0 Å². The highest BCUT2D eigenvalue weighted by atomic mass is 16.1. The van der Waals surface area contributed by atoms with Gasteiger partial charge in [0, 0.05) is 18.5 Å². The molecule has 0 saturated carbocycles. The smallest absolute Gasteiger partial charge is 0.166 e. The lowest BCUT2D eigenvalue weighted by molar-refractivity contribution is 0.0994. The zero-order valence-electron chi connectivity index (χ0n) is 7.87. The summed E-state index contributed by atoms with van der Waals surface area (Å²) in [6.07, 6.45) is 3.06. The molecule has 3 heteroatoms. The second kappa shape index (κ2) is 2.91. The van der Waals surface area contributed by atoms with Gasteiger partial charge in [-0.2, -0.15) is 0 Å². The highest BCUT2D eigenvalue weighted by Crippen LogP contribution is 2.20. The number of aromatic nitrogens is 2. The van der Waals surface area contributed by atoms with Gasteiger partial charge in [-0.1, -0.05) is 13.8 Å². The number of hydrogen-bond acceptors (Lipinski definition) is 3. The maximum atomic E-state index is 11.3. The maximum Gasteiger partial charge on any atom is 0.166 e. The summed E-state index contributed by atoms with van der Waals surface area (Å²) in [5.74, 6) is 1.36. The summed E-state index contributed by atoms with van der Waals surface area (Å²) in [5.41, 5.74) is 1.66. The van der Waals surface area contributed by atoms with E-state index in [9.17, 15) is 4.79 Å². The molecule has 1 heterocycles. The molecule has 0 atom stereocenters. The molecule has 0 fully saturated rings. The summed E-state index contributed by atoms with van der Waals surface area (Å²) in [5, 5.41) is 0. The van der Waals surface area contributed by atoms with Crippen LogP contribution in [0, 0.1) is 0 Å². The molecule has 0 N–H and O–H groups in total. The quantitative estimate of drug-likeness (QED) is 0.654. The number of fused-ring (bicyclic) bond motifs is 1. The van der Waals surface area contributed by atoms with Crippen LogP contribution in [-0.2, 0) is 6.42 Å². The summed E-state index contributed by atoms with van der Waals surface area (Å²) in [6.45, 7) is 4.11. The van der Waals surface area contributed by atoms with Crippen LogP contribution in [0.5, 0.6) is 0 Å². The maximum absolute atomic E-state index is 11.3. The fraction of sp³-hybridized carbons (Fsp3) is 0.500. The molecule has 0 unspecified atom stereocenters. The Labute approximate surface area is 77.2 Å². The predicted octanol–water partition coefficient (Wildman–Crippen LogP) is 1.73. The molecule has 0 aliphatic heterocycles. The van der Waals surface area contributed by atoms with Gasteiger partial charge in [0.15, 0.2) is 5.78 Å². The van der Waals surface area contributed by atoms with E-state index in [0.29, 0.717) is 12.3 Å². The molecule has 0 radical (unpaired) electrons. The molecule has 1 aromatic heterocycles. The summed E-state index contributed by atoms with van der Waals surface area (Å²) in [7, 11) is 0. The molecule has 1 aromatic rings. The van der Waals surface area contributed by atoms with Crippen LogP contribution < -0.4 is 0 Å². The van der Waals surface area contributed by atoms with Crippen LogP contribution in [0.15, 0.2) is 6.20 Å². The Balaban J connectivity index is 2.45. The molecule has 3 nitrogen and oxygen atoms in total. The predicted molar refractivity (Wildman–Crippen MR) is 48.8 cm³/mol. The first-order chi connectivity index (χ1) is 6.18. The first-order valence-corrected chi connectivity index (χ1v) is 4.57. The second-order valence-electron chi connectivity index (χ2n) is 3.67. The third kappa shape index (κ3) is 1.34. The second-order valence-corrected chi connectivity index (χ2v) is 3.67. The van der Waals surface area contributed by atoms with Crippen molar-refractivity contribution in [2.45, 2.75) is 32.6 Å². The van der Waals surface area contributed by atoms with Crippen LogP contribution in [-0.4, -0.2) is 15.8 Å². The van der Waals surface area contributed by atoms with Crippen molar-refractivity contribution in [2.75, 3.05) is 0 Å². The van der Waals surface area contributed by atoms with Gasteiger partial charge in [0.05, 0.1) is 11.3 Å². The molecule has 1 aliphatic rings. The first kappa shape index (κ1) is 8.35. The molecular weight excluding hydrogens is 164 g/mol. The van der Waals surface area contributed by atoms with Gasteiger partial charge in [0.25, 0.3) is 0 Å². The minimum Gasteiger partial charge on any atom is -0.294 e. The molecule has 0 spiro atoms. The van der Waals surface area contributed by atoms with Crippen molar-refractivity contribution in [1.82, 2.24) is 9.97 Å². The van der Waals surface area contributed by atoms with E-state index >= 15 is 0 Å². The van der Waals surface area contributed by atoms with Gasteiger partial charge < -0.3 is 0 Å². The first-order valence-electron chi connectivity index (χ1n) is 4.57. The lowest BCUT2D eigenvalue weighted by Gasteiger charge is -2.04. The highest BCUT2D eigenvalue weighted by molar-refractivity contribution is 5.99. The van der Waals surface area contributed by atoms with E-state index in [1.165, 1.54) is 0 Å². The molecule has 13 heavy (non-hydrogen) atoms. The number of rotatable bonds is 1. The molecule has 0 amide bonds. The third-order valence-corrected chi connectivity index (χ3v) is 2.29. The van der Waals surface area contributed by atoms with Crippen molar-refractivity contribution in [3.8, 4) is 0 Å². The number of Topliss-reactive ketones (excluding diaryl/α,β-unsaturated/α-hetero) is 1. The number of hydrogen-bond donors (Lipinski definition) is 0. The van der Waals surface area contributed by atoms with Crippen molar-refractivity contribution < 1.29 is 4.79 Å². The van der Waals surface area contributed by atoms with Gasteiger partial charge in [0.1, 0.15) is 5.82 Å². The number of carbonyl (C=O) groups excluding carboxylic acids is 1. The molecule has 2 rings (SSSR count). The standard InChI is InChI=1S/C10H12N2O/c1-6(2)10-11-5-7-8(12-10)3-4-9(7)13/h5-6H,3-4H2,1-2H3. The highest BCUT2D eigenvalue weighted by Gasteiger charge is 2.21. The largest absolute Gasteiger partial charge is 0.294 e. The lowest BCUT2D eigenvalue weighted by Crippen LogP contribution is -2.02. The van der Waals surface area contributed by atoms with Crippen LogP contribution >= 0.6 is 0 Å². The Kier molecular flexibility index (Phi) is 1.87. The Bertz CT molecular complexity index is 358. The average molecular weight is 176 g/mol. The fourth-order valence-electron chi connectivity index (χ4n) is 1.50. The van der Waals surface area contributed by atoms with E-state index < -0.39 is 0 Å². The van der Waals surface area contributed by atoms with Crippen LogP contribution in [0.25, 0.3) is 0 Å². The average Bonchev–Trinajstić information content (AvgIpc) is 2.47. The van der Waals surface area contributed by atoms with Crippen molar-refractivity contribution in [3.63, 3.8) is 0 Å². The van der Waals surface area contributed by atoms with E-state index in [0.717, 1.165) is 23.5 Å². The van der Waals surface area contributed by atoms with Crippen LogP contribution in [0.4, 0.5) is 0 Å². The fourth-order valence-corrected chi connectivity index (χ4v) is 1.50. The SMILES string of the molecule is CC(C)c1ncc2c(n1)CCC2=O. The molecule has 68 valence electrons. The van der Waals surface area contributed by atoms with E-state index in [-0.39, 0.29) is 5.78 Å². The van der Waals surface area contributed by atoms with Gasteiger partial charge in [-0.05, 0) is 6.42 Å². The molecule has 0 saturated heterocycles. The van der Waals surface area contributed by atoms with Crippen molar-refractivity contribution >= 4 is 5.78 Å². The molecule has 0 aromatic carbocycles. The lowest BCUT2D eigenvalue weighted by atomic mass is 10.2.